The molecule has 0 saturated carbocycles. The zero-order valence-corrected chi connectivity index (χ0v) is 11.1. The Hall–Kier alpha value is -2.07. The van der Waals surface area contributed by atoms with Gasteiger partial charge in [0, 0.05) is 29.4 Å². The number of aromatic nitrogens is 1. The first-order valence-electron chi connectivity index (χ1n) is 5.72. The van der Waals surface area contributed by atoms with Gasteiger partial charge in [-0.3, -0.25) is 4.79 Å². The average Bonchev–Trinajstić information content (AvgIpc) is 2.46. The van der Waals surface area contributed by atoms with Crippen molar-refractivity contribution in [2.75, 3.05) is 7.11 Å². The molecular weight excluding hydrogens is 264 g/mol. The molecule has 0 aliphatic heterocycles. The maximum absolute atomic E-state index is 11.9. The molecule has 1 amide bonds. The zero-order chi connectivity index (χ0) is 13.7. The van der Waals surface area contributed by atoms with Gasteiger partial charge >= 0.3 is 0 Å². The van der Waals surface area contributed by atoms with Gasteiger partial charge in [-0.2, -0.15) is 0 Å². The molecule has 2 aromatic rings. The van der Waals surface area contributed by atoms with Crippen LogP contribution in [0.3, 0.4) is 0 Å². The zero-order valence-electron chi connectivity index (χ0n) is 10.4. The van der Waals surface area contributed by atoms with Gasteiger partial charge in [0.05, 0.1) is 7.11 Å². The highest BCUT2D eigenvalue weighted by Crippen LogP contribution is 2.11. The van der Waals surface area contributed by atoms with Gasteiger partial charge in [-0.1, -0.05) is 11.6 Å². The van der Waals surface area contributed by atoms with Crippen LogP contribution in [0.2, 0.25) is 5.02 Å². The lowest BCUT2D eigenvalue weighted by Crippen LogP contribution is -2.22. The van der Waals surface area contributed by atoms with Crippen LogP contribution in [0.5, 0.6) is 5.88 Å². The van der Waals surface area contributed by atoms with Crippen molar-refractivity contribution in [3.8, 4) is 5.88 Å². The standard InChI is InChI=1S/C14H13ClN2O2/c1-19-13-8-10(6-7-16-13)9-17-14(18)11-2-4-12(15)5-3-11/h2-8H,9H2,1H3,(H,17,18). The molecule has 0 fully saturated rings. The van der Waals surface area contributed by atoms with Gasteiger partial charge in [0.2, 0.25) is 5.88 Å². The van der Waals surface area contributed by atoms with Crippen molar-refractivity contribution in [2.24, 2.45) is 0 Å². The van der Waals surface area contributed by atoms with E-state index in [0.29, 0.717) is 23.0 Å². The fourth-order valence-electron chi connectivity index (χ4n) is 1.56. The van der Waals surface area contributed by atoms with E-state index in [0.717, 1.165) is 5.56 Å². The first-order valence-corrected chi connectivity index (χ1v) is 6.09. The molecule has 0 unspecified atom stereocenters. The SMILES string of the molecule is COc1cc(CNC(=O)c2ccc(Cl)cc2)ccn1. The van der Waals surface area contributed by atoms with E-state index in [-0.39, 0.29) is 5.91 Å². The molecule has 0 aliphatic carbocycles. The molecule has 0 atom stereocenters. The predicted octanol–water partition coefficient (Wildman–Crippen LogP) is 2.67. The van der Waals surface area contributed by atoms with E-state index in [2.05, 4.69) is 10.3 Å². The first-order chi connectivity index (χ1) is 9.19. The maximum atomic E-state index is 11.9. The fraction of sp³-hybridized carbons (Fsp3) is 0.143. The maximum Gasteiger partial charge on any atom is 0.251 e. The number of ether oxygens (including phenoxy) is 1. The van der Waals surface area contributed by atoms with E-state index in [1.165, 1.54) is 0 Å². The second-order valence-electron chi connectivity index (χ2n) is 3.90. The predicted molar refractivity (Wildman–Crippen MR) is 73.4 cm³/mol. The minimum atomic E-state index is -0.146. The van der Waals surface area contributed by atoms with Gasteiger partial charge in [0.15, 0.2) is 0 Å². The van der Waals surface area contributed by atoms with Gasteiger partial charge < -0.3 is 10.1 Å². The Bertz CT molecular complexity index is 570. The Labute approximate surface area is 116 Å². The van der Waals surface area contributed by atoms with Crippen LogP contribution in [-0.2, 0) is 6.54 Å². The third kappa shape index (κ3) is 3.69. The Kier molecular flexibility index (Phi) is 4.36. The number of halogens is 1. The Balaban J connectivity index is 1.98. The monoisotopic (exact) mass is 276 g/mol. The number of benzene rings is 1. The lowest BCUT2D eigenvalue weighted by molar-refractivity contribution is 0.0951. The molecule has 0 aliphatic rings. The normalized spacial score (nSPS) is 10.0. The largest absolute Gasteiger partial charge is 0.481 e. The molecule has 1 heterocycles. The van der Waals surface area contributed by atoms with Crippen LogP contribution in [0.25, 0.3) is 0 Å². The third-order valence-electron chi connectivity index (χ3n) is 2.57. The summed E-state index contributed by atoms with van der Waals surface area (Å²) in [4.78, 5) is 15.9. The van der Waals surface area contributed by atoms with E-state index in [1.807, 2.05) is 6.07 Å². The van der Waals surface area contributed by atoms with Gasteiger partial charge in [0.1, 0.15) is 0 Å². The second-order valence-corrected chi connectivity index (χ2v) is 4.33. The summed E-state index contributed by atoms with van der Waals surface area (Å²) >= 11 is 5.77. The van der Waals surface area contributed by atoms with Crippen molar-refractivity contribution in [1.29, 1.82) is 0 Å². The summed E-state index contributed by atoms with van der Waals surface area (Å²) in [6, 6.07) is 10.3. The van der Waals surface area contributed by atoms with Crippen LogP contribution in [0.4, 0.5) is 0 Å². The topological polar surface area (TPSA) is 51.2 Å². The number of hydrogen-bond acceptors (Lipinski definition) is 3. The molecule has 5 heteroatoms. The summed E-state index contributed by atoms with van der Waals surface area (Å²) < 4.78 is 5.02. The van der Waals surface area contributed by atoms with Crippen LogP contribution in [0, 0.1) is 0 Å². The molecule has 1 N–H and O–H groups in total. The quantitative estimate of drug-likeness (QED) is 0.934. The van der Waals surface area contributed by atoms with Crippen molar-refractivity contribution in [3.05, 3.63) is 58.7 Å². The average molecular weight is 277 g/mol. The first kappa shape index (κ1) is 13.4. The highest BCUT2D eigenvalue weighted by molar-refractivity contribution is 6.30. The number of nitrogens with zero attached hydrogens (tertiary/aromatic N) is 1. The van der Waals surface area contributed by atoms with Gasteiger partial charge in [-0.15, -0.1) is 0 Å². The summed E-state index contributed by atoms with van der Waals surface area (Å²) in [6.45, 7) is 0.417. The number of amides is 1. The number of carbonyl (C=O) groups excluding carboxylic acids is 1. The van der Waals surface area contributed by atoms with Crippen LogP contribution < -0.4 is 10.1 Å². The minimum absolute atomic E-state index is 0.146. The van der Waals surface area contributed by atoms with E-state index < -0.39 is 0 Å². The van der Waals surface area contributed by atoms with Gasteiger partial charge in [0.25, 0.3) is 5.91 Å². The number of rotatable bonds is 4. The van der Waals surface area contributed by atoms with Crippen LogP contribution in [0.1, 0.15) is 15.9 Å². The lowest BCUT2D eigenvalue weighted by atomic mass is 10.2. The highest BCUT2D eigenvalue weighted by atomic mass is 35.5. The molecule has 19 heavy (non-hydrogen) atoms. The molecule has 98 valence electrons. The lowest BCUT2D eigenvalue weighted by Gasteiger charge is -2.06. The molecule has 1 aromatic carbocycles. The number of hydrogen-bond donors (Lipinski definition) is 1. The van der Waals surface area contributed by atoms with E-state index in [1.54, 1.807) is 43.6 Å². The number of methoxy groups -OCH3 is 1. The van der Waals surface area contributed by atoms with Crippen molar-refractivity contribution in [3.63, 3.8) is 0 Å². The number of pyridine rings is 1. The molecule has 4 nitrogen and oxygen atoms in total. The van der Waals surface area contributed by atoms with E-state index in [4.69, 9.17) is 16.3 Å². The molecule has 0 saturated heterocycles. The fourth-order valence-corrected chi connectivity index (χ4v) is 1.68. The second kappa shape index (κ2) is 6.20. The van der Waals surface area contributed by atoms with Crippen molar-refractivity contribution < 1.29 is 9.53 Å². The van der Waals surface area contributed by atoms with Crippen molar-refractivity contribution in [1.82, 2.24) is 10.3 Å². The van der Waals surface area contributed by atoms with Gasteiger partial charge in [-0.05, 0) is 35.9 Å². The van der Waals surface area contributed by atoms with Gasteiger partial charge in [-0.25, -0.2) is 4.98 Å². The molecule has 2 rings (SSSR count). The Morgan fingerprint density at radius 3 is 2.74 bits per heavy atom. The summed E-state index contributed by atoms with van der Waals surface area (Å²) in [6.07, 6.45) is 1.64. The third-order valence-corrected chi connectivity index (χ3v) is 2.82. The molecule has 0 bridgehead atoms. The molecule has 1 aromatic heterocycles. The number of nitrogens with one attached hydrogen (secondary N) is 1. The summed E-state index contributed by atoms with van der Waals surface area (Å²) in [5.74, 6) is 0.380. The smallest absolute Gasteiger partial charge is 0.251 e. The van der Waals surface area contributed by atoms with E-state index in [9.17, 15) is 4.79 Å². The number of carbonyl (C=O) groups is 1. The summed E-state index contributed by atoms with van der Waals surface area (Å²) in [5, 5.41) is 3.43. The minimum Gasteiger partial charge on any atom is -0.481 e. The van der Waals surface area contributed by atoms with Crippen LogP contribution >= 0.6 is 11.6 Å². The van der Waals surface area contributed by atoms with Crippen molar-refractivity contribution in [2.45, 2.75) is 6.54 Å². The highest BCUT2D eigenvalue weighted by Gasteiger charge is 2.05. The van der Waals surface area contributed by atoms with Crippen LogP contribution in [0.15, 0.2) is 42.6 Å². The molecular formula is C14H13ClN2O2. The molecule has 0 radical (unpaired) electrons. The summed E-state index contributed by atoms with van der Waals surface area (Å²) in [5.41, 5.74) is 1.50. The van der Waals surface area contributed by atoms with E-state index >= 15 is 0 Å². The van der Waals surface area contributed by atoms with Crippen LogP contribution in [-0.4, -0.2) is 18.0 Å². The summed E-state index contributed by atoms with van der Waals surface area (Å²) in [7, 11) is 1.55. The van der Waals surface area contributed by atoms with Crippen molar-refractivity contribution >= 4 is 17.5 Å². The Morgan fingerprint density at radius 1 is 1.32 bits per heavy atom. The Morgan fingerprint density at radius 2 is 2.05 bits per heavy atom. The molecule has 0 spiro atoms.